The Kier molecular flexibility index (Phi) is 5.48. The van der Waals surface area contributed by atoms with Crippen molar-refractivity contribution in [1.82, 2.24) is 9.55 Å². The van der Waals surface area contributed by atoms with Crippen LogP contribution in [-0.4, -0.2) is 28.5 Å². The predicted molar refractivity (Wildman–Crippen MR) is 101 cm³/mol. The van der Waals surface area contributed by atoms with E-state index in [4.69, 9.17) is 4.74 Å². The van der Waals surface area contributed by atoms with E-state index >= 15 is 0 Å². The highest BCUT2D eigenvalue weighted by Gasteiger charge is 2.19. The smallest absolute Gasteiger partial charge is 0.337 e. The van der Waals surface area contributed by atoms with Crippen LogP contribution >= 0.6 is 11.3 Å². The van der Waals surface area contributed by atoms with Crippen molar-refractivity contribution in [2.75, 3.05) is 12.4 Å². The van der Waals surface area contributed by atoms with Crippen LogP contribution in [0.2, 0.25) is 0 Å². The number of carbonyl (C=O) groups excluding carboxylic acids is 2. The summed E-state index contributed by atoms with van der Waals surface area (Å²) in [6, 6.07) is 10.5. The third-order valence-electron chi connectivity index (χ3n) is 3.75. The molecule has 6 nitrogen and oxygen atoms in total. The van der Waals surface area contributed by atoms with Gasteiger partial charge in [-0.15, -0.1) is 0 Å². The molecule has 2 aromatic heterocycles. The average molecular weight is 369 g/mol. The average Bonchev–Trinajstić information content (AvgIpc) is 3.31. The number of aryl methyl sites for hydroxylation is 1. The number of benzene rings is 1. The minimum Gasteiger partial charge on any atom is -0.465 e. The van der Waals surface area contributed by atoms with E-state index in [1.165, 1.54) is 18.4 Å². The fourth-order valence-corrected chi connectivity index (χ4v) is 3.50. The summed E-state index contributed by atoms with van der Waals surface area (Å²) >= 11 is 1.35. The van der Waals surface area contributed by atoms with Crippen LogP contribution in [0, 0.1) is 0 Å². The normalized spacial score (nSPS) is 10.5. The van der Waals surface area contributed by atoms with E-state index in [0.717, 1.165) is 23.7 Å². The fraction of sp³-hybridized carbons (Fsp3) is 0.211. The molecule has 7 heteroatoms. The van der Waals surface area contributed by atoms with E-state index in [9.17, 15) is 9.59 Å². The summed E-state index contributed by atoms with van der Waals surface area (Å²) in [6.45, 7) is 2.05. The van der Waals surface area contributed by atoms with E-state index in [2.05, 4.69) is 17.2 Å². The molecule has 0 spiro atoms. The molecule has 1 N–H and O–H groups in total. The van der Waals surface area contributed by atoms with Gasteiger partial charge in [0.2, 0.25) is 0 Å². The first kappa shape index (κ1) is 17.9. The maximum atomic E-state index is 12.8. The topological polar surface area (TPSA) is 73.2 Å². The zero-order valence-electron chi connectivity index (χ0n) is 14.6. The summed E-state index contributed by atoms with van der Waals surface area (Å²) in [7, 11) is 1.32. The molecule has 0 bridgehead atoms. The van der Waals surface area contributed by atoms with Gasteiger partial charge in [0, 0.05) is 18.1 Å². The van der Waals surface area contributed by atoms with Gasteiger partial charge in [-0.3, -0.25) is 4.79 Å². The Balaban J connectivity index is 1.86. The van der Waals surface area contributed by atoms with Crippen LogP contribution in [0.15, 0.2) is 48.8 Å². The minimum absolute atomic E-state index is 0.230. The summed E-state index contributed by atoms with van der Waals surface area (Å²) in [5.74, 6) is -0.674. The molecule has 0 unspecified atom stereocenters. The molecular formula is C19H19N3O3S. The largest absolute Gasteiger partial charge is 0.465 e. The number of nitrogens with one attached hydrogen (secondary N) is 1. The Morgan fingerprint density at radius 3 is 2.69 bits per heavy atom. The van der Waals surface area contributed by atoms with Crippen LogP contribution in [0.3, 0.4) is 0 Å². The third kappa shape index (κ3) is 3.83. The Morgan fingerprint density at radius 2 is 2.00 bits per heavy atom. The van der Waals surface area contributed by atoms with Crippen molar-refractivity contribution in [2.45, 2.75) is 19.8 Å². The highest BCUT2D eigenvalue weighted by molar-refractivity contribution is 7.16. The van der Waals surface area contributed by atoms with Crippen LogP contribution < -0.4 is 5.32 Å². The lowest BCUT2D eigenvalue weighted by molar-refractivity contribution is 0.0600. The molecule has 0 atom stereocenters. The lowest BCUT2D eigenvalue weighted by Crippen LogP contribution is -2.13. The van der Waals surface area contributed by atoms with Crippen molar-refractivity contribution in [3.63, 3.8) is 0 Å². The summed E-state index contributed by atoms with van der Waals surface area (Å²) < 4.78 is 6.60. The van der Waals surface area contributed by atoms with Crippen molar-refractivity contribution < 1.29 is 14.3 Å². The molecule has 134 valence electrons. The van der Waals surface area contributed by atoms with Gasteiger partial charge in [0.05, 0.1) is 18.4 Å². The van der Waals surface area contributed by atoms with Gasteiger partial charge in [0.1, 0.15) is 4.88 Å². The van der Waals surface area contributed by atoms with Gasteiger partial charge in [0.25, 0.3) is 5.91 Å². The van der Waals surface area contributed by atoms with E-state index < -0.39 is 5.97 Å². The highest BCUT2D eigenvalue weighted by Crippen LogP contribution is 2.25. The van der Waals surface area contributed by atoms with Gasteiger partial charge < -0.3 is 14.6 Å². The van der Waals surface area contributed by atoms with Crippen LogP contribution in [0.25, 0.3) is 5.13 Å². The second kappa shape index (κ2) is 7.97. The minimum atomic E-state index is -0.444. The monoisotopic (exact) mass is 369 g/mol. The molecule has 0 fully saturated rings. The first-order chi connectivity index (χ1) is 12.6. The zero-order valence-corrected chi connectivity index (χ0v) is 15.4. The SMILES string of the molecule is CCCc1nc(-n2cccc2)sc1C(=O)Nc1cccc(C(=O)OC)c1. The number of thiazole rings is 1. The number of hydrogen-bond donors (Lipinski definition) is 1. The quantitative estimate of drug-likeness (QED) is 0.668. The summed E-state index contributed by atoms with van der Waals surface area (Å²) in [5, 5.41) is 3.61. The molecule has 26 heavy (non-hydrogen) atoms. The van der Waals surface area contributed by atoms with Crippen molar-refractivity contribution >= 4 is 28.9 Å². The molecule has 0 saturated carbocycles. The third-order valence-corrected chi connectivity index (χ3v) is 4.86. The van der Waals surface area contributed by atoms with Crippen LogP contribution in [0.4, 0.5) is 5.69 Å². The van der Waals surface area contributed by atoms with Gasteiger partial charge in [-0.2, -0.15) is 0 Å². The highest BCUT2D eigenvalue weighted by atomic mass is 32.1. The maximum Gasteiger partial charge on any atom is 0.337 e. The summed E-state index contributed by atoms with van der Waals surface area (Å²) in [6.07, 6.45) is 5.42. The molecule has 0 aliphatic rings. The van der Waals surface area contributed by atoms with E-state index in [0.29, 0.717) is 16.1 Å². The van der Waals surface area contributed by atoms with Gasteiger partial charge >= 0.3 is 5.97 Å². The number of anilines is 1. The standard InChI is InChI=1S/C19H19N3O3S/c1-3-7-15-16(26-19(21-15)22-10-4-5-11-22)17(23)20-14-9-6-8-13(12-14)18(24)25-2/h4-6,8-12H,3,7H2,1-2H3,(H,20,23). The van der Waals surface area contributed by atoms with Crippen molar-refractivity contribution in [3.05, 3.63) is 64.9 Å². The number of aromatic nitrogens is 2. The van der Waals surface area contributed by atoms with Crippen molar-refractivity contribution in [1.29, 1.82) is 0 Å². The van der Waals surface area contributed by atoms with Crippen LogP contribution in [-0.2, 0) is 11.2 Å². The number of hydrogen-bond acceptors (Lipinski definition) is 5. The molecule has 1 amide bonds. The lowest BCUT2D eigenvalue weighted by atomic mass is 10.2. The van der Waals surface area contributed by atoms with Gasteiger partial charge in [-0.25, -0.2) is 9.78 Å². The molecule has 0 radical (unpaired) electrons. The molecule has 3 aromatic rings. The molecule has 2 heterocycles. The number of esters is 1. The van der Waals surface area contributed by atoms with Crippen LogP contribution in [0.1, 0.15) is 39.1 Å². The van der Waals surface area contributed by atoms with E-state index in [1.54, 1.807) is 24.3 Å². The van der Waals surface area contributed by atoms with Crippen LogP contribution in [0.5, 0.6) is 0 Å². The summed E-state index contributed by atoms with van der Waals surface area (Å²) in [4.78, 5) is 29.6. The molecule has 0 saturated heterocycles. The second-order valence-corrected chi connectivity index (χ2v) is 6.62. The number of ether oxygens (including phenoxy) is 1. The van der Waals surface area contributed by atoms with Gasteiger partial charge in [-0.05, 0) is 36.8 Å². The first-order valence-corrected chi connectivity index (χ1v) is 9.06. The zero-order chi connectivity index (χ0) is 18.5. The number of amides is 1. The number of methoxy groups -OCH3 is 1. The molecule has 0 aliphatic carbocycles. The number of carbonyl (C=O) groups is 2. The Hall–Kier alpha value is -2.93. The maximum absolute atomic E-state index is 12.8. The molecule has 1 aromatic carbocycles. The predicted octanol–water partition coefficient (Wildman–Crippen LogP) is 3.93. The molecular weight excluding hydrogens is 350 g/mol. The lowest BCUT2D eigenvalue weighted by Gasteiger charge is -2.06. The fourth-order valence-electron chi connectivity index (χ4n) is 2.52. The van der Waals surface area contributed by atoms with Crippen molar-refractivity contribution in [2.24, 2.45) is 0 Å². The first-order valence-electron chi connectivity index (χ1n) is 8.25. The Bertz CT molecular complexity index is 916. The Morgan fingerprint density at radius 1 is 1.23 bits per heavy atom. The number of nitrogens with zero attached hydrogens (tertiary/aromatic N) is 2. The van der Waals surface area contributed by atoms with Gasteiger partial charge in [0.15, 0.2) is 5.13 Å². The molecule has 0 aliphatic heterocycles. The Labute approximate surface area is 155 Å². The molecule has 3 rings (SSSR count). The van der Waals surface area contributed by atoms with Gasteiger partial charge in [-0.1, -0.05) is 30.7 Å². The summed E-state index contributed by atoms with van der Waals surface area (Å²) in [5.41, 5.74) is 1.70. The van der Waals surface area contributed by atoms with E-state index in [-0.39, 0.29) is 5.91 Å². The number of rotatable bonds is 6. The van der Waals surface area contributed by atoms with E-state index in [1.807, 2.05) is 29.1 Å². The van der Waals surface area contributed by atoms with Crippen molar-refractivity contribution in [3.8, 4) is 5.13 Å². The second-order valence-electron chi connectivity index (χ2n) is 5.64.